The van der Waals surface area contributed by atoms with E-state index in [-0.39, 0.29) is 11.8 Å². The van der Waals surface area contributed by atoms with Crippen molar-refractivity contribution in [2.45, 2.75) is 57.5 Å². The Morgan fingerprint density at radius 1 is 1.25 bits per heavy atom. The van der Waals surface area contributed by atoms with Crippen LogP contribution in [-0.2, 0) is 10.0 Å². The molecule has 0 bridgehead atoms. The number of nitrogens with one attached hydrogen (secondary N) is 2. The average molecular weight is 303 g/mol. The normalized spacial score (nSPS) is 28.9. The van der Waals surface area contributed by atoms with Crippen LogP contribution in [0.15, 0.2) is 0 Å². The predicted molar refractivity (Wildman–Crippen MR) is 82.3 cm³/mol. The molecule has 118 valence electrons. The molecular weight excluding hydrogens is 274 g/mol. The summed E-state index contributed by atoms with van der Waals surface area (Å²) in [5.41, 5.74) is 0. The van der Waals surface area contributed by atoms with Gasteiger partial charge < -0.3 is 10.2 Å². The Balaban J connectivity index is 1.61. The largest absolute Gasteiger partial charge is 0.313 e. The smallest absolute Gasteiger partial charge is 0.213 e. The van der Waals surface area contributed by atoms with Crippen LogP contribution in [0.1, 0.15) is 45.4 Å². The van der Waals surface area contributed by atoms with Gasteiger partial charge in [-0.1, -0.05) is 6.42 Å². The molecule has 5 nitrogen and oxygen atoms in total. The van der Waals surface area contributed by atoms with Crippen molar-refractivity contribution in [3.05, 3.63) is 0 Å². The van der Waals surface area contributed by atoms with Gasteiger partial charge in [-0.2, -0.15) is 0 Å². The second kappa shape index (κ2) is 7.73. The van der Waals surface area contributed by atoms with E-state index in [0.717, 1.165) is 32.4 Å². The van der Waals surface area contributed by atoms with E-state index in [9.17, 15) is 8.42 Å². The third-order valence-corrected chi connectivity index (χ3v) is 5.95. The molecule has 6 heteroatoms. The molecule has 0 amide bonds. The van der Waals surface area contributed by atoms with Crippen LogP contribution in [0.3, 0.4) is 0 Å². The third-order valence-electron chi connectivity index (χ3n) is 4.47. The molecule has 20 heavy (non-hydrogen) atoms. The van der Waals surface area contributed by atoms with Crippen molar-refractivity contribution in [1.82, 2.24) is 14.9 Å². The molecule has 2 rings (SSSR count). The minimum absolute atomic E-state index is 0.148. The van der Waals surface area contributed by atoms with Crippen molar-refractivity contribution >= 4 is 10.0 Å². The van der Waals surface area contributed by atoms with E-state index in [1.165, 1.54) is 25.8 Å². The van der Waals surface area contributed by atoms with E-state index in [2.05, 4.69) is 21.9 Å². The van der Waals surface area contributed by atoms with Crippen LogP contribution in [0.4, 0.5) is 0 Å². The first-order valence-corrected chi connectivity index (χ1v) is 9.67. The summed E-state index contributed by atoms with van der Waals surface area (Å²) in [5.74, 6) is 0.229. The van der Waals surface area contributed by atoms with Gasteiger partial charge >= 0.3 is 0 Å². The SMILES string of the molecule is CC1CCCCN1CCCNS(=O)(=O)CC1CCCN1. The summed E-state index contributed by atoms with van der Waals surface area (Å²) >= 11 is 0. The Morgan fingerprint density at radius 3 is 2.80 bits per heavy atom. The van der Waals surface area contributed by atoms with Gasteiger partial charge in [-0.25, -0.2) is 13.1 Å². The van der Waals surface area contributed by atoms with Crippen LogP contribution in [0.2, 0.25) is 0 Å². The lowest BCUT2D eigenvalue weighted by molar-refractivity contribution is 0.159. The molecule has 0 aliphatic carbocycles. The summed E-state index contributed by atoms with van der Waals surface area (Å²) in [7, 11) is -3.11. The minimum atomic E-state index is -3.11. The van der Waals surface area contributed by atoms with Crippen LogP contribution < -0.4 is 10.0 Å². The number of hydrogen-bond donors (Lipinski definition) is 2. The fourth-order valence-electron chi connectivity index (χ4n) is 3.22. The molecule has 2 fully saturated rings. The van der Waals surface area contributed by atoms with Crippen molar-refractivity contribution in [2.75, 3.05) is 31.9 Å². The number of rotatable bonds is 7. The lowest BCUT2D eigenvalue weighted by Gasteiger charge is -2.33. The van der Waals surface area contributed by atoms with Gasteiger partial charge in [0.25, 0.3) is 0 Å². The molecule has 0 aromatic carbocycles. The highest BCUT2D eigenvalue weighted by molar-refractivity contribution is 7.89. The standard InChI is InChI=1S/C14H29N3O2S/c1-13-6-2-3-10-17(13)11-5-9-16-20(18,19)12-14-7-4-8-15-14/h13-16H,2-12H2,1H3. The molecule has 0 aromatic rings. The van der Waals surface area contributed by atoms with Gasteiger partial charge in [0.05, 0.1) is 5.75 Å². The highest BCUT2D eigenvalue weighted by Gasteiger charge is 2.22. The van der Waals surface area contributed by atoms with Crippen LogP contribution in [0.5, 0.6) is 0 Å². The Bertz CT molecular complexity index is 380. The maximum Gasteiger partial charge on any atom is 0.213 e. The molecule has 2 unspecified atom stereocenters. The van der Waals surface area contributed by atoms with Gasteiger partial charge in [0.15, 0.2) is 0 Å². The molecule has 0 radical (unpaired) electrons. The molecule has 2 N–H and O–H groups in total. The number of likely N-dealkylation sites (tertiary alicyclic amines) is 1. The second-order valence-corrected chi connectivity index (χ2v) is 8.05. The maximum atomic E-state index is 11.9. The lowest BCUT2D eigenvalue weighted by Crippen LogP contribution is -2.40. The minimum Gasteiger partial charge on any atom is -0.313 e. The molecule has 0 saturated carbocycles. The first-order chi connectivity index (χ1) is 9.57. The van der Waals surface area contributed by atoms with Crippen molar-refractivity contribution in [3.8, 4) is 0 Å². The molecule has 0 spiro atoms. The van der Waals surface area contributed by atoms with Gasteiger partial charge in [0, 0.05) is 18.6 Å². The van der Waals surface area contributed by atoms with Gasteiger partial charge in [-0.3, -0.25) is 0 Å². The summed E-state index contributed by atoms with van der Waals surface area (Å²) in [4.78, 5) is 2.48. The zero-order chi connectivity index (χ0) is 14.4. The van der Waals surface area contributed by atoms with Gasteiger partial charge in [0.2, 0.25) is 10.0 Å². The van der Waals surface area contributed by atoms with E-state index >= 15 is 0 Å². The first-order valence-electron chi connectivity index (χ1n) is 8.01. The second-order valence-electron chi connectivity index (χ2n) is 6.20. The van der Waals surface area contributed by atoms with Crippen LogP contribution >= 0.6 is 0 Å². The molecule has 2 saturated heterocycles. The number of piperidine rings is 1. The molecule has 2 aliphatic heterocycles. The number of sulfonamides is 1. The Labute approximate surface area is 123 Å². The van der Waals surface area contributed by atoms with E-state index in [4.69, 9.17) is 0 Å². The molecular formula is C14H29N3O2S. The van der Waals surface area contributed by atoms with Crippen LogP contribution in [-0.4, -0.2) is 57.3 Å². The molecule has 0 aromatic heterocycles. The summed E-state index contributed by atoms with van der Waals surface area (Å²) in [5, 5.41) is 3.23. The topological polar surface area (TPSA) is 61.4 Å². The fraction of sp³-hybridized carbons (Fsp3) is 1.00. The zero-order valence-electron chi connectivity index (χ0n) is 12.6. The van der Waals surface area contributed by atoms with E-state index in [0.29, 0.717) is 12.6 Å². The van der Waals surface area contributed by atoms with Crippen molar-refractivity contribution < 1.29 is 8.42 Å². The van der Waals surface area contributed by atoms with Crippen molar-refractivity contribution in [3.63, 3.8) is 0 Å². The first kappa shape index (κ1) is 16.2. The Hall–Kier alpha value is -0.170. The van der Waals surface area contributed by atoms with Crippen molar-refractivity contribution in [2.24, 2.45) is 0 Å². The molecule has 2 atom stereocenters. The predicted octanol–water partition coefficient (Wildman–Crippen LogP) is 0.922. The molecule has 2 aliphatic rings. The monoisotopic (exact) mass is 303 g/mol. The highest BCUT2D eigenvalue weighted by atomic mass is 32.2. The Kier molecular flexibility index (Phi) is 6.26. The number of nitrogens with zero attached hydrogens (tertiary/aromatic N) is 1. The van der Waals surface area contributed by atoms with E-state index < -0.39 is 10.0 Å². The maximum absolute atomic E-state index is 11.9. The quantitative estimate of drug-likeness (QED) is 0.687. The van der Waals surface area contributed by atoms with Gasteiger partial charge in [-0.15, -0.1) is 0 Å². The van der Waals surface area contributed by atoms with Gasteiger partial charge in [-0.05, 0) is 58.7 Å². The van der Waals surface area contributed by atoms with Gasteiger partial charge in [0.1, 0.15) is 0 Å². The van der Waals surface area contributed by atoms with Crippen molar-refractivity contribution in [1.29, 1.82) is 0 Å². The highest BCUT2D eigenvalue weighted by Crippen LogP contribution is 2.16. The fourth-order valence-corrected chi connectivity index (χ4v) is 4.61. The molecule has 2 heterocycles. The lowest BCUT2D eigenvalue weighted by atomic mass is 10.0. The van der Waals surface area contributed by atoms with Crippen LogP contribution in [0, 0.1) is 0 Å². The number of hydrogen-bond acceptors (Lipinski definition) is 4. The average Bonchev–Trinajstić information content (AvgIpc) is 2.88. The van der Waals surface area contributed by atoms with E-state index in [1.54, 1.807) is 0 Å². The summed E-state index contributed by atoms with van der Waals surface area (Å²) in [6.45, 7) is 5.96. The van der Waals surface area contributed by atoms with E-state index in [1.807, 2.05) is 0 Å². The zero-order valence-corrected chi connectivity index (χ0v) is 13.4. The summed E-state index contributed by atoms with van der Waals surface area (Å²) < 4.78 is 26.6. The summed E-state index contributed by atoms with van der Waals surface area (Å²) in [6, 6.07) is 0.803. The Morgan fingerprint density at radius 2 is 2.10 bits per heavy atom. The third kappa shape index (κ3) is 5.31. The van der Waals surface area contributed by atoms with Crippen LogP contribution in [0.25, 0.3) is 0 Å². The summed E-state index contributed by atoms with van der Waals surface area (Å²) in [6.07, 6.45) is 6.86.